The van der Waals surface area contributed by atoms with Crippen LogP contribution in [0.3, 0.4) is 0 Å². The van der Waals surface area contributed by atoms with Crippen LogP contribution in [0.5, 0.6) is 0 Å². The number of Topliss-reactive ketones (excluding diaryl/α,β-unsaturated/α-hetero) is 1. The molecule has 2 aromatic carbocycles. The summed E-state index contributed by atoms with van der Waals surface area (Å²) < 4.78 is 0. The van der Waals surface area contributed by atoms with E-state index in [-0.39, 0.29) is 24.5 Å². The molecule has 0 atom stereocenters. The van der Waals surface area contributed by atoms with Crippen LogP contribution in [-0.2, 0) is 4.79 Å². The Morgan fingerprint density at radius 3 is 2.31 bits per heavy atom. The third-order valence-corrected chi connectivity index (χ3v) is 5.33. The summed E-state index contributed by atoms with van der Waals surface area (Å²) in [4.78, 5) is 38.0. The van der Waals surface area contributed by atoms with Gasteiger partial charge < -0.3 is 9.80 Å². The number of amides is 1. The van der Waals surface area contributed by atoms with Crippen LogP contribution < -0.4 is 4.90 Å². The Hall–Kier alpha value is -3.28. The van der Waals surface area contributed by atoms with Gasteiger partial charge in [0.05, 0.1) is 17.2 Å². The highest BCUT2D eigenvalue weighted by molar-refractivity contribution is 5.98. The van der Waals surface area contributed by atoms with Crippen LogP contribution in [0.15, 0.2) is 54.7 Å². The zero-order valence-corrected chi connectivity index (χ0v) is 16.5. The van der Waals surface area contributed by atoms with Crippen molar-refractivity contribution in [2.45, 2.75) is 19.8 Å². The van der Waals surface area contributed by atoms with E-state index in [4.69, 9.17) is 0 Å². The summed E-state index contributed by atoms with van der Waals surface area (Å²) in [6.45, 7) is 4.67. The number of benzene rings is 2. The third-order valence-electron chi connectivity index (χ3n) is 5.33. The maximum Gasteiger partial charge on any atom is 0.223 e. The molecule has 0 unspecified atom stereocenters. The number of carbonyl (C=O) groups excluding carboxylic acids is 2. The average molecular weight is 388 g/mol. The number of aromatic nitrogens is 2. The van der Waals surface area contributed by atoms with Crippen LogP contribution in [0.4, 0.5) is 5.82 Å². The number of aryl methyl sites for hydroxylation is 1. The Labute approximate surface area is 170 Å². The van der Waals surface area contributed by atoms with Gasteiger partial charge in [-0.1, -0.05) is 42.0 Å². The quantitative estimate of drug-likeness (QED) is 0.628. The molecule has 3 aromatic rings. The van der Waals surface area contributed by atoms with Gasteiger partial charge in [-0.2, -0.15) is 0 Å². The number of hydrogen-bond donors (Lipinski definition) is 0. The molecular weight excluding hydrogens is 364 g/mol. The lowest BCUT2D eigenvalue weighted by Gasteiger charge is -2.35. The van der Waals surface area contributed by atoms with Gasteiger partial charge in [-0.25, -0.2) is 4.98 Å². The van der Waals surface area contributed by atoms with Crippen LogP contribution in [0.1, 0.15) is 28.8 Å². The molecule has 1 fully saturated rings. The Kier molecular flexibility index (Phi) is 5.51. The number of para-hydroxylation sites is 2. The van der Waals surface area contributed by atoms with Crippen molar-refractivity contribution in [1.29, 1.82) is 0 Å². The van der Waals surface area contributed by atoms with Crippen LogP contribution in [0.2, 0.25) is 0 Å². The molecule has 0 aliphatic carbocycles. The maximum atomic E-state index is 12.5. The first-order chi connectivity index (χ1) is 14.1. The predicted octanol–water partition coefficient (Wildman–Crippen LogP) is 3.25. The van der Waals surface area contributed by atoms with Gasteiger partial charge >= 0.3 is 0 Å². The summed E-state index contributed by atoms with van der Waals surface area (Å²) in [6, 6.07) is 15.3. The number of carbonyl (C=O) groups is 2. The summed E-state index contributed by atoms with van der Waals surface area (Å²) in [5, 5.41) is 0. The molecule has 0 N–H and O–H groups in total. The minimum atomic E-state index is 0.0171. The Balaban J connectivity index is 1.30. The van der Waals surface area contributed by atoms with Gasteiger partial charge in [0.2, 0.25) is 5.91 Å². The van der Waals surface area contributed by atoms with Crippen molar-refractivity contribution in [3.05, 3.63) is 65.9 Å². The van der Waals surface area contributed by atoms with Crippen LogP contribution in [0, 0.1) is 6.92 Å². The van der Waals surface area contributed by atoms with E-state index < -0.39 is 0 Å². The van der Waals surface area contributed by atoms with E-state index in [0.29, 0.717) is 31.7 Å². The van der Waals surface area contributed by atoms with Gasteiger partial charge in [-0.3, -0.25) is 14.6 Å². The summed E-state index contributed by atoms with van der Waals surface area (Å²) in [7, 11) is 0. The van der Waals surface area contributed by atoms with Crippen molar-refractivity contribution in [1.82, 2.24) is 14.9 Å². The standard InChI is InChI=1S/C23H24N4O2/c1-17-6-8-18(9-7-17)21(28)10-11-23(29)27-14-12-26(13-15-27)22-16-24-19-4-2-3-5-20(19)25-22/h2-9,16H,10-15H2,1H3. The number of hydrogen-bond acceptors (Lipinski definition) is 5. The molecule has 0 radical (unpaired) electrons. The molecule has 0 bridgehead atoms. The topological polar surface area (TPSA) is 66.4 Å². The number of fused-ring (bicyclic) bond motifs is 1. The molecule has 4 rings (SSSR count). The highest BCUT2D eigenvalue weighted by atomic mass is 16.2. The van der Waals surface area contributed by atoms with E-state index >= 15 is 0 Å². The second-order valence-electron chi connectivity index (χ2n) is 7.37. The van der Waals surface area contributed by atoms with Gasteiger partial charge in [0.1, 0.15) is 5.82 Å². The fourth-order valence-corrected chi connectivity index (χ4v) is 3.55. The lowest BCUT2D eigenvalue weighted by atomic mass is 10.0. The molecule has 1 saturated heterocycles. The molecule has 148 valence electrons. The monoisotopic (exact) mass is 388 g/mol. The molecule has 1 aromatic heterocycles. The predicted molar refractivity (Wildman–Crippen MR) is 113 cm³/mol. The molecule has 6 nitrogen and oxygen atoms in total. The Morgan fingerprint density at radius 1 is 0.897 bits per heavy atom. The largest absolute Gasteiger partial charge is 0.352 e. The van der Waals surface area contributed by atoms with Gasteiger partial charge in [-0.05, 0) is 19.1 Å². The summed E-state index contributed by atoms with van der Waals surface area (Å²) in [6.07, 6.45) is 2.29. The van der Waals surface area contributed by atoms with Crippen molar-refractivity contribution >= 4 is 28.5 Å². The minimum absolute atomic E-state index is 0.0171. The second kappa shape index (κ2) is 8.39. The van der Waals surface area contributed by atoms with Crippen LogP contribution >= 0.6 is 0 Å². The summed E-state index contributed by atoms with van der Waals surface area (Å²) in [5.74, 6) is 0.892. The van der Waals surface area contributed by atoms with E-state index in [0.717, 1.165) is 22.4 Å². The molecule has 1 amide bonds. The van der Waals surface area contributed by atoms with Crippen molar-refractivity contribution in [2.75, 3.05) is 31.1 Å². The normalized spacial score (nSPS) is 14.2. The van der Waals surface area contributed by atoms with Crippen molar-refractivity contribution < 1.29 is 9.59 Å². The highest BCUT2D eigenvalue weighted by Gasteiger charge is 2.22. The van der Waals surface area contributed by atoms with Crippen LogP contribution in [0.25, 0.3) is 11.0 Å². The van der Waals surface area contributed by atoms with Gasteiger partial charge in [0, 0.05) is 44.6 Å². The zero-order chi connectivity index (χ0) is 20.2. The smallest absolute Gasteiger partial charge is 0.223 e. The number of piperazine rings is 1. The second-order valence-corrected chi connectivity index (χ2v) is 7.37. The average Bonchev–Trinajstić information content (AvgIpc) is 2.77. The number of anilines is 1. The number of nitrogens with zero attached hydrogens (tertiary/aromatic N) is 4. The van der Waals surface area contributed by atoms with Gasteiger partial charge in [0.25, 0.3) is 0 Å². The first kappa shape index (κ1) is 19.1. The zero-order valence-electron chi connectivity index (χ0n) is 16.5. The maximum absolute atomic E-state index is 12.5. The van der Waals surface area contributed by atoms with E-state index in [1.165, 1.54) is 0 Å². The fraction of sp³-hybridized carbons (Fsp3) is 0.304. The number of rotatable bonds is 5. The first-order valence-corrected chi connectivity index (χ1v) is 9.94. The third kappa shape index (κ3) is 4.42. The Morgan fingerprint density at radius 2 is 1.59 bits per heavy atom. The Bertz CT molecular complexity index is 1020. The van der Waals surface area contributed by atoms with E-state index in [9.17, 15) is 9.59 Å². The van der Waals surface area contributed by atoms with Gasteiger partial charge in [0.15, 0.2) is 5.78 Å². The van der Waals surface area contributed by atoms with Crippen molar-refractivity contribution in [3.8, 4) is 0 Å². The number of ketones is 1. The highest BCUT2D eigenvalue weighted by Crippen LogP contribution is 2.17. The lowest BCUT2D eigenvalue weighted by molar-refractivity contribution is -0.131. The summed E-state index contributed by atoms with van der Waals surface area (Å²) in [5.41, 5.74) is 3.54. The molecule has 0 saturated carbocycles. The first-order valence-electron chi connectivity index (χ1n) is 9.94. The summed E-state index contributed by atoms with van der Waals surface area (Å²) >= 11 is 0. The molecule has 29 heavy (non-hydrogen) atoms. The minimum Gasteiger partial charge on any atom is -0.352 e. The van der Waals surface area contributed by atoms with Crippen LogP contribution in [-0.4, -0.2) is 52.7 Å². The molecule has 6 heteroatoms. The SMILES string of the molecule is Cc1ccc(C(=O)CCC(=O)N2CCN(c3cnc4ccccc4n3)CC2)cc1. The fourth-order valence-electron chi connectivity index (χ4n) is 3.55. The molecule has 0 spiro atoms. The van der Waals surface area contributed by atoms with E-state index in [1.54, 1.807) is 6.20 Å². The lowest BCUT2D eigenvalue weighted by Crippen LogP contribution is -2.49. The molecular formula is C23H24N4O2. The van der Waals surface area contributed by atoms with Crippen molar-refractivity contribution in [2.24, 2.45) is 0 Å². The molecule has 1 aliphatic heterocycles. The van der Waals surface area contributed by atoms with Gasteiger partial charge in [-0.15, -0.1) is 0 Å². The van der Waals surface area contributed by atoms with E-state index in [1.807, 2.05) is 60.4 Å². The van der Waals surface area contributed by atoms with E-state index in [2.05, 4.69) is 14.9 Å². The molecule has 2 heterocycles. The van der Waals surface area contributed by atoms with Crippen molar-refractivity contribution in [3.63, 3.8) is 0 Å². The molecule has 1 aliphatic rings.